The number of unbranched alkanes of at least 4 members (excludes halogenated alkanes) is 1. The molecule has 0 spiro atoms. The van der Waals surface area contributed by atoms with Crippen molar-refractivity contribution < 1.29 is 4.79 Å². The first kappa shape index (κ1) is 21.1. The summed E-state index contributed by atoms with van der Waals surface area (Å²) in [5.41, 5.74) is 0. The summed E-state index contributed by atoms with van der Waals surface area (Å²) in [5, 5.41) is 6.36. The van der Waals surface area contributed by atoms with Gasteiger partial charge in [0.2, 0.25) is 5.91 Å². The number of hydrogen-bond acceptors (Lipinski definition) is 3. The molecule has 0 rings (SSSR count). The molecule has 0 saturated carbocycles. The Labute approximate surface area is 138 Å². The molecule has 0 fully saturated rings. The second-order valence-electron chi connectivity index (χ2n) is 4.11. The Morgan fingerprint density at radius 2 is 1.95 bits per heavy atom. The van der Waals surface area contributed by atoms with Crippen LogP contribution in [0.15, 0.2) is 4.99 Å². The Balaban J connectivity index is 0. The van der Waals surface area contributed by atoms with Crippen LogP contribution in [0.1, 0.15) is 19.8 Å². The molecule has 0 aromatic carbocycles. The Bertz CT molecular complexity index is 262. The largest absolute Gasteiger partial charge is 0.357 e. The molecule has 0 unspecified atom stereocenters. The second-order valence-corrected chi connectivity index (χ2v) is 5.10. The molecule has 0 aromatic heterocycles. The van der Waals surface area contributed by atoms with Crippen molar-refractivity contribution >= 4 is 47.6 Å². The maximum absolute atomic E-state index is 11.4. The molecule has 0 aromatic rings. The van der Waals surface area contributed by atoms with Gasteiger partial charge in [0.1, 0.15) is 6.54 Å². The van der Waals surface area contributed by atoms with Gasteiger partial charge in [0.25, 0.3) is 0 Å². The summed E-state index contributed by atoms with van der Waals surface area (Å²) in [6.07, 6.45) is 4.43. The first-order chi connectivity index (χ1) is 8.61. The molecule has 114 valence electrons. The maximum Gasteiger partial charge on any atom is 0.243 e. The zero-order valence-corrected chi connectivity index (χ0v) is 15.5. The van der Waals surface area contributed by atoms with Crippen molar-refractivity contribution in [3.8, 4) is 0 Å². The van der Waals surface area contributed by atoms with E-state index in [2.05, 4.69) is 21.9 Å². The van der Waals surface area contributed by atoms with Crippen LogP contribution in [0.25, 0.3) is 0 Å². The minimum atomic E-state index is 0. The quantitative estimate of drug-likeness (QED) is 0.279. The van der Waals surface area contributed by atoms with E-state index in [0.29, 0.717) is 0 Å². The number of halogens is 1. The van der Waals surface area contributed by atoms with Gasteiger partial charge in [-0.2, -0.15) is 11.8 Å². The van der Waals surface area contributed by atoms with Crippen molar-refractivity contribution in [2.45, 2.75) is 19.8 Å². The number of thioether (sulfide) groups is 1. The lowest BCUT2D eigenvalue weighted by molar-refractivity contribution is -0.127. The Morgan fingerprint density at radius 3 is 2.47 bits per heavy atom. The lowest BCUT2D eigenvalue weighted by atomic mass is 10.3. The summed E-state index contributed by atoms with van der Waals surface area (Å²) >= 11 is 1.86. The Hall–Kier alpha value is -0.180. The number of aliphatic imine (C=N–C) groups is 1. The normalized spacial score (nSPS) is 10.6. The Kier molecular flexibility index (Phi) is 15.8. The summed E-state index contributed by atoms with van der Waals surface area (Å²) in [4.78, 5) is 17.2. The van der Waals surface area contributed by atoms with Gasteiger partial charge in [-0.1, -0.05) is 0 Å². The number of hydrogen-bond donors (Lipinski definition) is 2. The second kappa shape index (κ2) is 14.2. The molecule has 19 heavy (non-hydrogen) atoms. The molecule has 7 heteroatoms. The van der Waals surface area contributed by atoms with Crippen molar-refractivity contribution in [2.75, 3.05) is 45.7 Å². The van der Waals surface area contributed by atoms with Gasteiger partial charge in [0.05, 0.1) is 0 Å². The van der Waals surface area contributed by atoms with E-state index in [0.717, 1.165) is 25.5 Å². The van der Waals surface area contributed by atoms with Crippen LogP contribution in [0, 0.1) is 0 Å². The van der Waals surface area contributed by atoms with Crippen LogP contribution in [0.3, 0.4) is 0 Å². The highest BCUT2D eigenvalue weighted by Gasteiger charge is 2.03. The standard InChI is InChI=1S/C12H26N4OS.HI/c1-5-13-12(14-8-6-7-9-18-4)15-10-11(17)16(2)3;/h5-10H2,1-4H3,(H2,13,14,15);1H. The number of carbonyl (C=O) groups excluding carboxylic acids is 1. The van der Waals surface area contributed by atoms with Gasteiger partial charge < -0.3 is 15.5 Å². The number of nitrogens with zero attached hydrogens (tertiary/aromatic N) is 2. The van der Waals surface area contributed by atoms with E-state index in [1.54, 1.807) is 19.0 Å². The lowest BCUT2D eigenvalue weighted by Crippen LogP contribution is -2.38. The highest BCUT2D eigenvalue weighted by atomic mass is 127. The van der Waals surface area contributed by atoms with E-state index in [1.807, 2.05) is 18.7 Å². The van der Waals surface area contributed by atoms with Crippen molar-refractivity contribution in [1.29, 1.82) is 0 Å². The summed E-state index contributed by atoms with van der Waals surface area (Å²) in [6.45, 7) is 3.89. The van der Waals surface area contributed by atoms with Gasteiger partial charge in [0.15, 0.2) is 5.96 Å². The first-order valence-electron chi connectivity index (χ1n) is 6.33. The molecule has 0 atom stereocenters. The minimum Gasteiger partial charge on any atom is -0.357 e. The number of guanidine groups is 1. The van der Waals surface area contributed by atoms with Crippen LogP contribution in [0.2, 0.25) is 0 Å². The van der Waals surface area contributed by atoms with Crippen molar-refractivity contribution in [2.24, 2.45) is 4.99 Å². The summed E-state index contributed by atoms with van der Waals surface area (Å²) in [7, 11) is 3.47. The van der Waals surface area contributed by atoms with Crippen LogP contribution in [-0.2, 0) is 4.79 Å². The number of carbonyl (C=O) groups is 1. The van der Waals surface area contributed by atoms with E-state index >= 15 is 0 Å². The fourth-order valence-electron chi connectivity index (χ4n) is 1.21. The zero-order valence-electron chi connectivity index (χ0n) is 12.4. The highest BCUT2D eigenvalue weighted by molar-refractivity contribution is 14.0. The fourth-order valence-corrected chi connectivity index (χ4v) is 1.70. The summed E-state index contributed by atoms with van der Waals surface area (Å²) in [5.74, 6) is 1.92. The topological polar surface area (TPSA) is 56.7 Å². The number of rotatable bonds is 8. The van der Waals surface area contributed by atoms with Gasteiger partial charge in [-0.25, -0.2) is 4.99 Å². The van der Waals surface area contributed by atoms with Crippen molar-refractivity contribution in [3.63, 3.8) is 0 Å². The maximum atomic E-state index is 11.4. The van der Waals surface area contributed by atoms with Crippen LogP contribution in [-0.4, -0.2) is 62.5 Å². The van der Waals surface area contributed by atoms with Crippen LogP contribution < -0.4 is 10.6 Å². The molecule has 1 amide bonds. The highest BCUT2D eigenvalue weighted by Crippen LogP contribution is 1.97. The zero-order chi connectivity index (χ0) is 13.8. The molecular formula is C12H27IN4OS. The Morgan fingerprint density at radius 1 is 1.26 bits per heavy atom. The van der Waals surface area contributed by atoms with Crippen molar-refractivity contribution in [1.82, 2.24) is 15.5 Å². The monoisotopic (exact) mass is 402 g/mol. The van der Waals surface area contributed by atoms with Crippen molar-refractivity contribution in [3.05, 3.63) is 0 Å². The molecular weight excluding hydrogens is 375 g/mol. The number of nitrogens with one attached hydrogen (secondary N) is 2. The van der Waals surface area contributed by atoms with E-state index in [9.17, 15) is 4.79 Å². The summed E-state index contributed by atoms with van der Waals surface area (Å²) < 4.78 is 0. The van der Waals surface area contributed by atoms with Crippen LogP contribution >= 0.6 is 35.7 Å². The lowest BCUT2D eigenvalue weighted by Gasteiger charge is -2.12. The van der Waals surface area contributed by atoms with Gasteiger partial charge in [-0.15, -0.1) is 24.0 Å². The molecule has 2 N–H and O–H groups in total. The fraction of sp³-hybridized carbons (Fsp3) is 0.833. The van der Waals surface area contributed by atoms with Crippen LogP contribution in [0.5, 0.6) is 0 Å². The van der Waals surface area contributed by atoms with E-state index < -0.39 is 0 Å². The van der Waals surface area contributed by atoms with E-state index in [4.69, 9.17) is 0 Å². The number of amides is 1. The van der Waals surface area contributed by atoms with Gasteiger partial charge >= 0.3 is 0 Å². The van der Waals surface area contributed by atoms with E-state index in [1.165, 1.54) is 12.2 Å². The molecule has 0 aliphatic carbocycles. The number of likely N-dealkylation sites (N-methyl/N-ethyl adjacent to an activating group) is 1. The average molecular weight is 402 g/mol. The third-order valence-electron chi connectivity index (χ3n) is 2.28. The predicted octanol–water partition coefficient (Wildman–Crippen LogP) is 1.39. The molecule has 0 saturated heterocycles. The molecule has 0 bridgehead atoms. The van der Waals surface area contributed by atoms with E-state index in [-0.39, 0.29) is 36.4 Å². The summed E-state index contributed by atoms with van der Waals surface area (Å²) in [6, 6.07) is 0. The molecule has 0 radical (unpaired) electrons. The van der Waals surface area contributed by atoms with Crippen LogP contribution in [0.4, 0.5) is 0 Å². The van der Waals surface area contributed by atoms with Gasteiger partial charge in [-0.3, -0.25) is 4.79 Å². The first-order valence-corrected chi connectivity index (χ1v) is 7.72. The molecule has 0 aliphatic heterocycles. The smallest absolute Gasteiger partial charge is 0.243 e. The van der Waals surface area contributed by atoms with Gasteiger partial charge in [-0.05, 0) is 31.8 Å². The molecule has 0 heterocycles. The average Bonchev–Trinajstić information content (AvgIpc) is 2.34. The third-order valence-corrected chi connectivity index (χ3v) is 2.98. The third kappa shape index (κ3) is 12.6. The SMILES string of the molecule is CCNC(=NCC(=O)N(C)C)NCCCCSC.I. The molecule has 5 nitrogen and oxygen atoms in total. The van der Waals surface area contributed by atoms with Gasteiger partial charge in [0, 0.05) is 27.2 Å². The molecule has 0 aliphatic rings. The predicted molar refractivity (Wildman–Crippen MR) is 95.7 cm³/mol. The minimum absolute atomic E-state index is 0.